The highest BCUT2D eigenvalue weighted by atomic mass is 32.2. The second-order valence-corrected chi connectivity index (χ2v) is 4.92. The number of nitrogens with two attached hydrogens (primary N) is 1. The first-order valence-corrected chi connectivity index (χ1v) is 6.29. The molecule has 0 aliphatic carbocycles. The molecule has 0 bridgehead atoms. The van der Waals surface area contributed by atoms with Gasteiger partial charge in [-0.15, -0.1) is 0 Å². The van der Waals surface area contributed by atoms with Crippen LogP contribution in [-0.2, 0) is 10.0 Å². The number of anilines is 1. The molecule has 1 rings (SSSR count). The fourth-order valence-corrected chi connectivity index (χ4v) is 1.45. The molecule has 0 saturated heterocycles. The molecule has 0 radical (unpaired) electrons. The normalized spacial score (nSPS) is 11.3. The van der Waals surface area contributed by atoms with Gasteiger partial charge in [-0.2, -0.15) is 0 Å². The molecule has 0 unspecified atom stereocenters. The largest absolute Gasteiger partial charge is 0.492 e. The third kappa shape index (κ3) is 5.24. The average Bonchev–Trinajstić information content (AvgIpc) is 2.11. The van der Waals surface area contributed by atoms with Gasteiger partial charge in [0.2, 0.25) is 10.0 Å². The van der Waals surface area contributed by atoms with Crippen molar-refractivity contribution in [2.45, 2.75) is 0 Å². The lowest BCUT2D eigenvalue weighted by atomic mass is 10.3. The molecule has 0 amide bonds. The Morgan fingerprint density at radius 3 is 2.80 bits per heavy atom. The van der Waals surface area contributed by atoms with E-state index in [0.29, 0.717) is 11.4 Å². The van der Waals surface area contributed by atoms with E-state index in [1.165, 1.54) is 0 Å². The fourth-order valence-electron chi connectivity index (χ4n) is 1.00. The van der Waals surface area contributed by atoms with E-state index in [0.717, 1.165) is 6.26 Å². The van der Waals surface area contributed by atoms with E-state index in [1.807, 2.05) is 0 Å². The third-order valence-electron chi connectivity index (χ3n) is 1.59. The Balaban J connectivity index is 2.32. The number of hydrogen-bond acceptors (Lipinski definition) is 4. The van der Waals surface area contributed by atoms with E-state index in [-0.39, 0.29) is 13.2 Å². The van der Waals surface area contributed by atoms with Crippen LogP contribution in [0.1, 0.15) is 0 Å². The summed E-state index contributed by atoms with van der Waals surface area (Å²) in [5.41, 5.74) is 6.15. The number of ether oxygens (including phenoxy) is 1. The Morgan fingerprint density at radius 1 is 1.47 bits per heavy atom. The summed E-state index contributed by atoms with van der Waals surface area (Å²) in [6.45, 7) is 0.518. The van der Waals surface area contributed by atoms with Crippen molar-refractivity contribution in [2.75, 3.05) is 25.1 Å². The van der Waals surface area contributed by atoms with Crippen LogP contribution in [0.15, 0.2) is 24.3 Å². The zero-order valence-corrected chi connectivity index (χ0v) is 9.25. The highest BCUT2D eigenvalue weighted by Gasteiger charge is 1.99. The van der Waals surface area contributed by atoms with Gasteiger partial charge in [0.25, 0.3) is 0 Å². The molecule has 0 aliphatic rings. The number of benzene rings is 1. The Hall–Kier alpha value is -1.27. The molecule has 5 nitrogen and oxygen atoms in total. The summed E-state index contributed by atoms with van der Waals surface area (Å²) in [5, 5.41) is 0. The van der Waals surface area contributed by atoms with Crippen LogP contribution in [0.3, 0.4) is 0 Å². The molecular formula is C9H14N2O3S. The zero-order chi connectivity index (χ0) is 11.3. The van der Waals surface area contributed by atoms with Crippen molar-refractivity contribution in [1.82, 2.24) is 4.72 Å². The van der Waals surface area contributed by atoms with Crippen molar-refractivity contribution in [2.24, 2.45) is 0 Å². The molecule has 0 aromatic heterocycles. The second-order valence-electron chi connectivity index (χ2n) is 3.09. The molecule has 0 spiro atoms. The summed E-state index contributed by atoms with van der Waals surface area (Å²) in [6, 6.07) is 6.97. The van der Waals surface area contributed by atoms with Crippen LogP contribution in [-0.4, -0.2) is 27.8 Å². The van der Waals surface area contributed by atoms with E-state index >= 15 is 0 Å². The topological polar surface area (TPSA) is 81.4 Å². The lowest BCUT2D eigenvalue weighted by Gasteiger charge is -2.06. The van der Waals surface area contributed by atoms with Crippen LogP contribution in [0, 0.1) is 0 Å². The van der Waals surface area contributed by atoms with Crippen LogP contribution < -0.4 is 15.2 Å². The molecule has 6 heteroatoms. The fraction of sp³-hybridized carbons (Fsp3) is 0.333. The molecule has 1 aromatic rings. The van der Waals surface area contributed by atoms with Crippen LogP contribution >= 0.6 is 0 Å². The minimum atomic E-state index is -3.14. The molecule has 84 valence electrons. The average molecular weight is 230 g/mol. The predicted octanol–water partition coefficient (Wildman–Crippen LogP) is 0.197. The van der Waals surface area contributed by atoms with Crippen LogP contribution in [0.25, 0.3) is 0 Å². The monoisotopic (exact) mass is 230 g/mol. The van der Waals surface area contributed by atoms with Gasteiger partial charge in [0, 0.05) is 18.3 Å². The van der Waals surface area contributed by atoms with Crippen molar-refractivity contribution >= 4 is 15.7 Å². The molecule has 15 heavy (non-hydrogen) atoms. The Morgan fingerprint density at radius 2 is 2.20 bits per heavy atom. The van der Waals surface area contributed by atoms with Crippen molar-refractivity contribution < 1.29 is 13.2 Å². The molecular weight excluding hydrogens is 216 g/mol. The molecule has 0 aliphatic heterocycles. The number of hydrogen-bond donors (Lipinski definition) is 2. The summed E-state index contributed by atoms with van der Waals surface area (Å²) in [7, 11) is -3.14. The summed E-state index contributed by atoms with van der Waals surface area (Å²) >= 11 is 0. The van der Waals surface area contributed by atoms with Crippen LogP contribution in [0.5, 0.6) is 5.75 Å². The van der Waals surface area contributed by atoms with Gasteiger partial charge in [-0.05, 0) is 12.1 Å². The first kappa shape index (κ1) is 11.8. The van der Waals surface area contributed by atoms with Crippen molar-refractivity contribution in [3.63, 3.8) is 0 Å². The highest BCUT2D eigenvalue weighted by molar-refractivity contribution is 7.88. The molecule has 0 atom stereocenters. The second kappa shape index (κ2) is 4.99. The van der Waals surface area contributed by atoms with Crippen LogP contribution in [0.4, 0.5) is 5.69 Å². The SMILES string of the molecule is CS(=O)(=O)NCCOc1cccc(N)c1. The smallest absolute Gasteiger partial charge is 0.208 e. The number of nitrogen functional groups attached to an aromatic ring is 1. The van der Waals surface area contributed by atoms with Gasteiger partial charge in [0.15, 0.2) is 0 Å². The van der Waals surface area contributed by atoms with E-state index in [4.69, 9.17) is 10.5 Å². The van der Waals surface area contributed by atoms with Crippen molar-refractivity contribution in [1.29, 1.82) is 0 Å². The Labute approximate surface area is 89.3 Å². The number of sulfonamides is 1. The first-order chi connectivity index (χ1) is 6.97. The summed E-state index contributed by atoms with van der Waals surface area (Å²) in [5.74, 6) is 0.630. The molecule has 3 N–H and O–H groups in total. The number of rotatable bonds is 5. The molecule has 0 fully saturated rings. The lowest BCUT2D eigenvalue weighted by Crippen LogP contribution is -2.26. The van der Waals surface area contributed by atoms with E-state index in [9.17, 15) is 8.42 Å². The number of nitrogens with one attached hydrogen (secondary N) is 1. The summed E-state index contributed by atoms with van der Waals surface area (Å²) in [4.78, 5) is 0. The molecule has 0 heterocycles. The zero-order valence-electron chi connectivity index (χ0n) is 8.43. The minimum absolute atomic E-state index is 0.244. The van der Waals surface area contributed by atoms with Gasteiger partial charge in [-0.3, -0.25) is 0 Å². The standard InChI is InChI=1S/C9H14N2O3S/c1-15(12,13)11-5-6-14-9-4-2-3-8(10)7-9/h2-4,7,11H,5-6,10H2,1H3. The van der Waals surface area contributed by atoms with Crippen LogP contribution in [0.2, 0.25) is 0 Å². The summed E-state index contributed by atoms with van der Waals surface area (Å²) in [6.07, 6.45) is 1.10. The predicted molar refractivity (Wildman–Crippen MR) is 59.2 cm³/mol. The highest BCUT2D eigenvalue weighted by Crippen LogP contribution is 2.13. The molecule has 1 aromatic carbocycles. The van der Waals surface area contributed by atoms with Crippen molar-refractivity contribution in [3.05, 3.63) is 24.3 Å². The maximum absolute atomic E-state index is 10.7. The van der Waals surface area contributed by atoms with E-state index < -0.39 is 10.0 Å². The maximum Gasteiger partial charge on any atom is 0.208 e. The van der Waals surface area contributed by atoms with Gasteiger partial charge in [0.1, 0.15) is 12.4 Å². The maximum atomic E-state index is 10.7. The van der Waals surface area contributed by atoms with Gasteiger partial charge < -0.3 is 10.5 Å². The Kier molecular flexibility index (Phi) is 3.93. The first-order valence-electron chi connectivity index (χ1n) is 4.40. The van der Waals surface area contributed by atoms with Gasteiger partial charge >= 0.3 is 0 Å². The van der Waals surface area contributed by atoms with Gasteiger partial charge in [-0.25, -0.2) is 13.1 Å². The quantitative estimate of drug-likeness (QED) is 0.559. The Bertz CT molecular complexity index is 417. The van der Waals surface area contributed by atoms with E-state index in [2.05, 4.69) is 4.72 Å². The van der Waals surface area contributed by atoms with Gasteiger partial charge in [-0.1, -0.05) is 6.07 Å². The summed E-state index contributed by atoms with van der Waals surface area (Å²) < 4.78 is 29.0. The lowest BCUT2D eigenvalue weighted by molar-refractivity contribution is 0.323. The van der Waals surface area contributed by atoms with Crippen molar-refractivity contribution in [3.8, 4) is 5.75 Å². The van der Waals surface area contributed by atoms with E-state index in [1.54, 1.807) is 24.3 Å². The third-order valence-corrected chi connectivity index (χ3v) is 2.32. The van der Waals surface area contributed by atoms with Gasteiger partial charge in [0.05, 0.1) is 6.26 Å². The molecule has 0 saturated carbocycles. The minimum Gasteiger partial charge on any atom is -0.492 e.